The minimum atomic E-state index is -4.65. The van der Waals surface area contributed by atoms with Crippen LogP contribution in [0.15, 0.2) is 12.1 Å². The van der Waals surface area contributed by atoms with Crippen LogP contribution in [0.25, 0.3) is 0 Å². The van der Waals surface area contributed by atoms with Crippen molar-refractivity contribution < 1.29 is 27.1 Å². The average molecular weight is 234 g/mol. The molecule has 0 bridgehead atoms. The Morgan fingerprint density at radius 1 is 1.25 bits per heavy atom. The normalized spacial score (nSPS) is 15.6. The molecule has 1 aromatic carbocycles. The first-order chi connectivity index (χ1) is 7.39. The van der Waals surface area contributed by atoms with Crippen molar-refractivity contribution >= 4 is 5.78 Å². The summed E-state index contributed by atoms with van der Waals surface area (Å²) in [7, 11) is 0. The Morgan fingerprint density at radius 3 is 2.56 bits per heavy atom. The van der Waals surface area contributed by atoms with E-state index >= 15 is 0 Å². The number of rotatable bonds is 0. The highest BCUT2D eigenvalue weighted by Crippen LogP contribution is 2.36. The molecule has 0 saturated carbocycles. The Morgan fingerprint density at radius 2 is 1.94 bits per heavy atom. The van der Waals surface area contributed by atoms with Gasteiger partial charge in [0.2, 0.25) is 0 Å². The van der Waals surface area contributed by atoms with Crippen LogP contribution in [-0.4, -0.2) is 12.4 Å². The summed E-state index contributed by atoms with van der Waals surface area (Å²) in [6.45, 7) is -0.0212. The summed E-state index contributed by atoms with van der Waals surface area (Å²) in [6.07, 6.45) is -4.67. The minimum absolute atomic E-state index is 0.0186. The molecule has 16 heavy (non-hydrogen) atoms. The van der Waals surface area contributed by atoms with Gasteiger partial charge in [-0.25, -0.2) is 4.39 Å². The van der Waals surface area contributed by atoms with E-state index in [-0.39, 0.29) is 24.3 Å². The molecule has 0 aliphatic carbocycles. The van der Waals surface area contributed by atoms with Gasteiger partial charge in [0.25, 0.3) is 0 Å². The first-order valence-corrected chi connectivity index (χ1v) is 4.46. The van der Waals surface area contributed by atoms with Gasteiger partial charge in [0.05, 0.1) is 17.7 Å². The summed E-state index contributed by atoms with van der Waals surface area (Å²) >= 11 is 0. The van der Waals surface area contributed by atoms with Gasteiger partial charge >= 0.3 is 6.18 Å². The predicted molar refractivity (Wildman–Crippen MR) is 45.8 cm³/mol. The summed E-state index contributed by atoms with van der Waals surface area (Å²) < 4.78 is 55.1. The van der Waals surface area contributed by atoms with Crippen LogP contribution in [0.4, 0.5) is 17.6 Å². The zero-order valence-corrected chi connectivity index (χ0v) is 7.90. The molecule has 0 saturated heterocycles. The third-order valence-electron chi connectivity index (χ3n) is 2.25. The van der Waals surface area contributed by atoms with Crippen LogP contribution >= 0.6 is 0 Å². The lowest BCUT2D eigenvalue weighted by molar-refractivity contribution is -0.137. The molecule has 0 N–H and O–H groups in total. The molecular weight excluding hydrogens is 228 g/mol. The van der Waals surface area contributed by atoms with Gasteiger partial charge in [-0.3, -0.25) is 4.79 Å². The number of alkyl halides is 3. The van der Waals surface area contributed by atoms with E-state index < -0.39 is 23.3 Å². The van der Waals surface area contributed by atoms with Crippen molar-refractivity contribution in [2.45, 2.75) is 12.6 Å². The number of hydrogen-bond donors (Lipinski definition) is 0. The van der Waals surface area contributed by atoms with E-state index in [1.807, 2.05) is 0 Å². The van der Waals surface area contributed by atoms with Gasteiger partial charge < -0.3 is 4.74 Å². The lowest BCUT2D eigenvalue weighted by atomic mass is 10.0. The molecule has 0 radical (unpaired) electrons. The molecule has 2 nitrogen and oxygen atoms in total. The second-order valence-electron chi connectivity index (χ2n) is 3.35. The van der Waals surface area contributed by atoms with Crippen LogP contribution in [0, 0.1) is 5.82 Å². The van der Waals surface area contributed by atoms with Gasteiger partial charge in [0.15, 0.2) is 5.78 Å². The summed E-state index contributed by atoms with van der Waals surface area (Å²) in [5, 5.41) is 0. The molecule has 1 heterocycles. The number of Topliss-reactive ketones (excluding diaryl/α,β-unsaturated/α-hetero) is 1. The van der Waals surface area contributed by atoms with Crippen molar-refractivity contribution in [3.63, 3.8) is 0 Å². The molecule has 1 aromatic rings. The number of carbonyl (C=O) groups is 1. The first kappa shape index (κ1) is 10.9. The topological polar surface area (TPSA) is 26.3 Å². The van der Waals surface area contributed by atoms with Gasteiger partial charge in [-0.2, -0.15) is 13.2 Å². The second-order valence-corrected chi connectivity index (χ2v) is 3.35. The molecule has 1 aliphatic rings. The molecule has 0 atom stereocenters. The van der Waals surface area contributed by atoms with Crippen LogP contribution in [0.2, 0.25) is 0 Å². The molecule has 1 aliphatic heterocycles. The number of halogens is 4. The van der Waals surface area contributed by atoms with Gasteiger partial charge in [-0.1, -0.05) is 0 Å². The van der Waals surface area contributed by atoms with Crippen LogP contribution in [0.3, 0.4) is 0 Å². The van der Waals surface area contributed by atoms with Crippen LogP contribution in [0.1, 0.15) is 22.3 Å². The van der Waals surface area contributed by atoms with Crippen LogP contribution < -0.4 is 4.74 Å². The van der Waals surface area contributed by atoms with Crippen molar-refractivity contribution in [3.05, 3.63) is 29.1 Å². The minimum Gasteiger partial charge on any atom is -0.492 e. The molecule has 0 amide bonds. The Hall–Kier alpha value is -1.59. The molecule has 0 spiro atoms. The van der Waals surface area contributed by atoms with E-state index in [1.54, 1.807) is 0 Å². The van der Waals surface area contributed by atoms with E-state index in [0.717, 1.165) is 0 Å². The smallest absolute Gasteiger partial charge is 0.416 e. The molecule has 86 valence electrons. The Labute approximate surface area is 87.8 Å². The zero-order chi connectivity index (χ0) is 11.9. The van der Waals surface area contributed by atoms with Gasteiger partial charge in [-0.15, -0.1) is 0 Å². The lowest BCUT2D eigenvalue weighted by Gasteiger charge is -2.18. The van der Waals surface area contributed by atoms with Crippen molar-refractivity contribution in [1.29, 1.82) is 0 Å². The highest BCUT2D eigenvalue weighted by atomic mass is 19.4. The SMILES string of the molecule is O=C1CCOc2cc(C(F)(F)F)cc(F)c21. The number of ketones is 1. The number of hydrogen-bond acceptors (Lipinski definition) is 2. The van der Waals surface area contributed by atoms with E-state index in [1.165, 1.54) is 0 Å². The highest BCUT2D eigenvalue weighted by Gasteiger charge is 2.34. The summed E-state index contributed by atoms with van der Waals surface area (Å²) in [5.74, 6) is -2.05. The maximum absolute atomic E-state index is 13.3. The van der Waals surface area contributed by atoms with Crippen molar-refractivity contribution in [2.24, 2.45) is 0 Å². The van der Waals surface area contributed by atoms with Gasteiger partial charge in [0.1, 0.15) is 11.6 Å². The number of benzene rings is 1. The fraction of sp³-hybridized carbons (Fsp3) is 0.300. The Kier molecular flexibility index (Phi) is 2.36. The quantitative estimate of drug-likeness (QED) is 0.645. The van der Waals surface area contributed by atoms with E-state index in [0.29, 0.717) is 12.1 Å². The summed E-state index contributed by atoms with van der Waals surface area (Å²) in [5.41, 5.74) is -1.54. The summed E-state index contributed by atoms with van der Waals surface area (Å²) in [6, 6.07) is 0.959. The average Bonchev–Trinajstić information content (AvgIpc) is 2.15. The number of fused-ring (bicyclic) bond motifs is 1. The summed E-state index contributed by atoms with van der Waals surface area (Å²) in [4.78, 5) is 11.3. The van der Waals surface area contributed by atoms with Gasteiger partial charge in [0, 0.05) is 6.42 Å². The standard InChI is InChI=1S/C10H6F4O2/c11-6-3-5(10(12,13)14)4-8-9(6)7(15)1-2-16-8/h3-4H,1-2H2. The largest absolute Gasteiger partial charge is 0.492 e. The van der Waals surface area contributed by atoms with Gasteiger partial charge in [-0.05, 0) is 12.1 Å². The monoisotopic (exact) mass is 234 g/mol. The molecule has 0 fully saturated rings. The maximum atomic E-state index is 13.3. The molecular formula is C10H6F4O2. The molecule has 0 aromatic heterocycles. The Bertz CT molecular complexity index is 451. The van der Waals surface area contributed by atoms with E-state index in [4.69, 9.17) is 4.74 Å². The molecule has 6 heteroatoms. The van der Waals surface area contributed by atoms with Crippen LogP contribution in [0.5, 0.6) is 5.75 Å². The van der Waals surface area contributed by atoms with E-state index in [2.05, 4.69) is 0 Å². The first-order valence-electron chi connectivity index (χ1n) is 4.46. The number of carbonyl (C=O) groups excluding carboxylic acids is 1. The van der Waals surface area contributed by atoms with Crippen LogP contribution in [-0.2, 0) is 6.18 Å². The third kappa shape index (κ3) is 1.75. The van der Waals surface area contributed by atoms with Crippen molar-refractivity contribution in [1.82, 2.24) is 0 Å². The second kappa shape index (κ2) is 3.47. The molecule has 2 rings (SSSR count). The van der Waals surface area contributed by atoms with E-state index in [9.17, 15) is 22.4 Å². The zero-order valence-electron chi connectivity index (χ0n) is 7.90. The lowest BCUT2D eigenvalue weighted by Crippen LogP contribution is -2.18. The maximum Gasteiger partial charge on any atom is 0.416 e. The highest BCUT2D eigenvalue weighted by molar-refractivity contribution is 5.99. The predicted octanol–water partition coefficient (Wildman–Crippen LogP) is 2.81. The Balaban J connectivity index is 2.58. The fourth-order valence-corrected chi connectivity index (χ4v) is 1.51. The van der Waals surface area contributed by atoms with Crippen molar-refractivity contribution in [3.8, 4) is 5.75 Å². The fourth-order valence-electron chi connectivity index (χ4n) is 1.51. The van der Waals surface area contributed by atoms with Crippen molar-refractivity contribution in [2.75, 3.05) is 6.61 Å². The third-order valence-corrected chi connectivity index (χ3v) is 2.25. The molecule has 0 unspecified atom stereocenters. The number of ether oxygens (including phenoxy) is 1.